The lowest BCUT2D eigenvalue weighted by molar-refractivity contribution is 0.0921. The van der Waals surface area contributed by atoms with Crippen molar-refractivity contribution in [3.63, 3.8) is 0 Å². The molecule has 0 radical (unpaired) electrons. The highest BCUT2D eigenvalue weighted by molar-refractivity contribution is 5.91. The standard InChI is InChI=1S/C25H32N6O4/c1-28(2)13-12-26-25(33)22-9-8-19(35-22)18-31-24(32)11-10-23(27-31)30-16-14-29(15-17-30)20-6-4-5-7-21(20)34-3/h4-11H,12-18H2,1-3H3,(H,26,33). The van der Waals surface area contributed by atoms with Gasteiger partial charge in [0, 0.05) is 45.3 Å². The third-order valence-corrected chi connectivity index (χ3v) is 5.92. The number of carbonyl (C=O) groups is 1. The van der Waals surface area contributed by atoms with Crippen LogP contribution >= 0.6 is 0 Å². The normalized spacial score (nSPS) is 13.8. The maximum absolute atomic E-state index is 12.4. The second-order valence-corrected chi connectivity index (χ2v) is 8.66. The van der Waals surface area contributed by atoms with E-state index in [1.165, 1.54) is 10.7 Å². The number of nitrogens with zero attached hydrogens (tertiary/aromatic N) is 5. The van der Waals surface area contributed by atoms with Crippen LogP contribution in [0.5, 0.6) is 5.75 Å². The number of ether oxygens (including phenoxy) is 1. The fraction of sp³-hybridized carbons (Fsp3) is 0.400. The van der Waals surface area contributed by atoms with Crippen molar-refractivity contribution in [2.45, 2.75) is 6.54 Å². The van der Waals surface area contributed by atoms with E-state index in [1.807, 2.05) is 37.2 Å². The molecule has 4 rings (SSSR count). The van der Waals surface area contributed by atoms with Crippen LogP contribution < -0.4 is 25.4 Å². The fourth-order valence-electron chi connectivity index (χ4n) is 4.00. The van der Waals surface area contributed by atoms with Crippen molar-refractivity contribution < 1.29 is 13.9 Å². The average Bonchev–Trinajstić information content (AvgIpc) is 3.34. The third-order valence-electron chi connectivity index (χ3n) is 5.92. The molecule has 0 unspecified atom stereocenters. The second-order valence-electron chi connectivity index (χ2n) is 8.66. The summed E-state index contributed by atoms with van der Waals surface area (Å²) in [7, 11) is 5.56. The topological polar surface area (TPSA) is 96.1 Å². The van der Waals surface area contributed by atoms with E-state index < -0.39 is 0 Å². The second kappa shape index (κ2) is 11.1. The van der Waals surface area contributed by atoms with E-state index >= 15 is 0 Å². The zero-order chi connectivity index (χ0) is 24.8. The molecule has 10 nitrogen and oxygen atoms in total. The molecule has 0 bridgehead atoms. The van der Waals surface area contributed by atoms with Crippen LogP contribution in [0.15, 0.2) is 57.7 Å². The van der Waals surface area contributed by atoms with Crippen molar-refractivity contribution in [2.24, 2.45) is 0 Å². The Hall–Kier alpha value is -3.79. The minimum absolute atomic E-state index is 0.152. The molecule has 1 aliphatic rings. The van der Waals surface area contributed by atoms with Crippen LogP contribution in [0.3, 0.4) is 0 Å². The number of carbonyl (C=O) groups excluding carboxylic acids is 1. The SMILES string of the molecule is COc1ccccc1N1CCN(c2ccc(=O)n(Cc3ccc(C(=O)NCCN(C)C)o3)n2)CC1. The van der Waals surface area contributed by atoms with Crippen molar-refractivity contribution in [3.05, 3.63) is 70.4 Å². The molecule has 3 heterocycles. The summed E-state index contributed by atoms with van der Waals surface area (Å²) in [5.41, 5.74) is 0.849. The van der Waals surface area contributed by atoms with E-state index in [1.54, 1.807) is 25.3 Å². The number of benzene rings is 1. The summed E-state index contributed by atoms with van der Waals surface area (Å²) in [6, 6.07) is 14.6. The minimum atomic E-state index is -0.278. The Morgan fingerprint density at radius 3 is 2.54 bits per heavy atom. The van der Waals surface area contributed by atoms with Crippen molar-refractivity contribution in [1.29, 1.82) is 0 Å². The molecule has 2 aromatic heterocycles. The molecule has 3 aromatic rings. The van der Waals surface area contributed by atoms with Gasteiger partial charge in [0.2, 0.25) is 0 Å². The molecule has 1 amide bonds. The lowest BCUT2D eigenvalue weighted by atomic mass is 10.2. The largest absolute Gasteiger partial charge is 0.495 e. The molecular formula is C25H32N6O4. The summed E-state index contributed by atoms with van der Waals surface area (Å²) < 4.78 is 12.5. The molecule has 10 heteroatoms. The van der Waals surface area contributed by atoms with Gasteiger partial charge < -0.3 is 29.2 Å². The highest BCUT2D eigenvalue weighted by Gasteiger charge is 2.21. The Bertz CT molecular complexity index is 1200. The molecule has 1 saturated heterocycles. The zero-order valence-electron chi connectivity index (χ0n) is 20.4. The molecule has 1 aliphatic heterocycles. The summed E-state index contributed by atoms with van der Waals surface area (Å²) in [5.74, 6) is 2.03. The van der Waals surface area contributed by atoms with E-state index in [4.69, 9.17) is 9.15 Å². The smallest absolute Gasteiger partial charge is 0.287 e. The van der Waals surface area contributed by atoms with Gasteiger partial charge in [-0.3, -0.25) is 9.59 Å². The molecule has 0 spiro atoms. The first-order chi connectivity index (χ1) is 16.9. The number of hydrogen-bond donors (Lipinski definition) is 1. The van der Waals surface area contributed by atoms with Crippen LogP contribution in [0.1, 0.15) is 16.3 Å². The Kier molecular flexibility index (Phi) is 7.71. The van der Waals surface area contributed by atoms with Gasteiger partial charge in [-0.2, -0.15) is 5.10 Å². The molecule has 186 valence electrons. The number of nitrogens with one attached hydrogen (secondary N) is 1. The van der Waals surface area contributed by atoms with Gasteiger partial charge in [-0.1, -0.05) is 12.1 Å². The molecule has 1 aromatic carbocycles. The number of para-hydroxylation sites is 2. The molecular weight excluding hydrogens is 448 g/mol. The molecule has 0 saturated carbocycles. The van der Waals surface area contributed by atoms with Crippen molar-refractivity contribution in [2.75, 3.05) is 70.3 Å². The van der Waals surface area contributed by atoms with E-state index in [2.05, 4.69) is 26.3 Å². The van der Waals surface area contributed by atoms with E-state index in [0.717, 1.165) is 50.0 Å². The van der Waals surface area contributed by atoms with Crippen molar-refractivity contribution in [3.8, 4) is 5.75 Å². The first kappa shape index (κ1) is 24.3. The maximum Gasteiger partial charge on any atom is 0.287 e. The number of piperazine rings is 1. The van der Waals surface area contributed by atoms with Gasteiger partial charge in [0.05, 0.1) is 12.8 Å². The summed E-state index contributed by atoms with van der Waals surface area (Å²) >= 11 is 0. The van der Waals surface area contributed by atoms with Crippen LogP contribution in [0.2, 0.25) is 0 Å². The fourth-order valence-corrected chi connectivity index (χ4v) is 4.00. The first-order valence-corrected chi connectivity index (χ1v) is 11.7. The molecule has 35 heavy (non-hydrogen) atoms. The van der Waals surface area contributed by atoms with Crippen molar-refractivity contribution >= 4 is 17.4 Å². The number of furan rings is 1. The Morgan fingerprint density at radius 2 is 1.80 bits per heavy atom. The number of hydrogen-bond acceptors (Lipinski definition) is 8. The minimum Gasteiger partial charge on any atom is -0.495 e. The number of rotatable bonds is 9. The predicted octanol–water partition coefficient (Wildman–Crippen LogP) is 1.51. The number of likely N-dealkylation sites (N-methyl/N-ethyl adjacent to an activating group) is 1. The van der Waals surface area contributed by atoms with Crippen LogP contribution in [-0.4, -0.2) is 81.1 Å². The maximum atomic E-state index is 12.4. The molecule has 1 fully saturated rings. The quantitative estimate of drug-likeness (QED) is 0.493. The van der Waals surface area contributed by atoms with Gasteiger partial charge in [-0.15, -0.1) is 0 Å². The summed E-state index contributed by atoms with van der Waals surface area (Å²) in [6.45, 7) is 4.56. The Morgan fingerprint density at radius 1 is 1.06 bits per heavy atom. The lowest BCUT2D eigenvalue weighted by Gasteiger charge is -2.37. The van der Waals surface area contributed by atoms with Crippen LogP contribution in [0.4, 0.5) is 11.5 Å². The van der Waals surface area contributed by atoms with E-state index in [9.17, 15) is 9.59 Å². The number of methoxy groups -OCH3 is 1. The molecule has 0 aliphatic carbocycles. The zero-order valence-corrected chi connectivity index (χ0v) is 20.4. The van der Waals surface area contributed by atoms with Crippen LogP contribution in [0, 0.1) is 0 Å². The Balaban J connectivity index is 1.39. The summed E-state index contributed by atoms with van der Waals surface area (Å²) in [4.78, 5) is 31.1. The van der Waals surface area contributed by atoms with Crippen molar-refractivity contribution in [1.82, 2.24) is 20.0 Å². The van der Waals surface area contributed by atoms with Crippen LogP contribution in [-0.2, 0) is 6.54 Å². The summed E-state index contributed by atoms with van der Waals surface area (Å²) in [6.07, 6.45) is 0. The molecule has 1 N–H and O–H groups in total. The van der Waals surface area contributed by atoms with E-state index in [0.29, 0.717) is 12.3 Å². The average molecular weight is 481 g/mol. The molecule has 0 atom stereocenters. The number of aromatic nitrogens is 2. The van der Waals surface area contributed by atoms with Gasteiger partial charge in [0.15, 0.2) is 5.76 Å². The number of amides is 1. The van der Waals surface area contributed by atoms with Gasteiger partial charge >= 0.3 is 0 Å². The summed E-state index contributed by atoms with van der Waals surface area (Å²) in [5, 5.41) is 7.38. The van der Waals surface area contributed by atoms with Gasteiger partial charge in [-0.05, 0) is 44.4 Å². The third kappa shape index (κ3) is 6.02. The van der Waals surface area contributed by atoms with E-state index in [-0.39, 0.29) is 23.8 Å². The van der Waals surface area contributed by atoms with Gasteiger partial charge in [0.1, 0.15) is 23.9 Å². The van der Waals surface area contributed by atoms with Crippen LogP contribution in [0.25, 0.3) is 0 Å². The first-order valence-electron chi connectivity index (χ1n) is 11.7. The highest BCUT2D eigenvalue weighted by atomic mass is 16.5. The van der Waals surface area contributed by atoms with Gasteiger partial charge in [0.25, 0.3) is 11.5 Å². The number of anilines is 2. The monoisotopic (exact) mass is 480 g/mol. The lowest BCUT2D eigenvalue weighted by Crippen LogP contribution is -2.47. The Labute approximate surface area is 204 Å². The highest BCUT2D eigenvalue weighted by Crippen LogP contribution is 2.28. The van der Waals surface area contributed by atoms with Gasteiger partial charge in [-0.25, -0.2) is 4.68 Å². The predicted molar refractivity (Wildman–Crippen MR) is 135 cm³/mol.